The molecule has 106 valence electrons. The summed E-state index contributed by atoms with van der Waals surface area (Å²) in [5, 5.41) is 18.0. The number of anilines is 2. The van der Waals surface area contributed by atoms with Gasteiger partial charge in [-0.25, -0.2) is 9.78 Å². The zero-order chi connectivity index (χ0) is 15.4. The van der Waals surface area contributed by atoms with Crippen LogP contribution >= 0.6 is 0 Å². The summed E-state index contributed by atoms with van der Waals surface area (Å²) in [5.41, 5.74) is 7.26. The van der Waals surface area contributed by atoms with Gasteiger partial charge in [-0.15, -0.1) is 0 Å². The summed E-state index contributed by atoms with van der Waals surface area (Å²) in [7, 11) is 1.79. The number of hydrogen-bond acceptors (Lipinski definition) is 5. The molecule has 3 N–H and O–H groups in total. The number of benzene rings is 1. The van der Waals surface area contributed by atoms with Crippen molar-refractivity contribution in [3.63, 3.8) is 0 Å². The molecule has 1 aromatic heterocycles. The molecule has 0 radical (unpaired) electrons. The van der Waals surface area contributed by atoms with Gasteiger partial charge in [-0.2, -0.15) is 5.26 Å². The molecule has 1 heterocycles. The summed E-state index contributed by atoms with van der Waals surface area (Å²) >= 11 is 0. The Kier molecular flexibility index (Phi) is 4.05. The Hall–Kier alpha value is -3.07. The number of hydrogen-bond donors (Lipinski definition) is 2. The maximum Gasteiger partial charge on any atom is 0.337 e. The summed E-state index contributed by atoms with van der Waals surface area (Å²) in [6, 6.07) is 10.7. The molecule has 0 aliphatic rings. The average molecular weight is 282 g/mol. The van der Waals surface area contributed by atoms with Crippen LogP contribution in [0.15, 0.2) is 36.5 Å². The second-order valence-corrected chi connectivity index (χ2v) is 4.60. The summed E-state index contributed by atoms with van der Waals surface area (Å²) < 4.78 is 0. The molecule has 0 aliphatic carbocycles. The summed E-state index contributed by atoms with van der Waals surface area (Å²) in [6.07, 6.45) is 1.33. The molecule has 1 aromatic carbocycles. The molecular formula is C15H14N4O2. The van der Waals surface area contributed by atoms with Crippen molar-refractivity contribution in [2.24, 2.45) is 0 Å². The van der Waals surface area contributed by atoms with Crippen molar-refractivity contribution in [1.82, 2.24) is 4.98 Å². The van der Waals surface area contributed by atoms with Crippen LogP contribution in [0.25, 0.3) is 0 Å². The first-order valence-corrected chi connectivity index (χ1v) is 6.20. The molecule has 0 spiro atoms. The van der Waals surface area contributed by atoms with Crippen molar-refractivity contribution >= 4 is 17.5 Å². The second kappa shape index (κ2) is 5.92. The fourth-order valence-corrected chi connectivity index (χ4v) is 1.94. The lowest BCUT2D eigenvalue weighted by atomic mass is 10.1. The van der Waals surface area contributed by atoms with Crippen molar-refractivity contribution in [3.05, 3.63) is 53.2 Å². The Bertz CT molecular complexity index is 722. The van der Waals surface area contributed by atoms with Gasteiger partial charge in [0.05, 0.1) is 29.1 Å². The zero-order valence-corrected chi connectivity index (χ0v) is 11.4. The molecule has 6 heteroatoms. The van der Waals surface area contributed by atoms with E-state index in [1.807, 2.05) is 6.07 Å². The summed E-state index contributed by atoms with van der Waals surface area (Å²) in [6.45, 7) is 0.505. The van der Waals surface area contributed by atoms with Gasteiger partial charge in [-0.1, -0.05) is 12.1 Å². The molecule has 0 aliphatic heterocycles. The van der Waals surface area contributed by atoms with Crippen LogP contribution < -0.4 is 10.6 Å². The van der Waals surface area contributed by atoms with Gasteiger partial charge in [-0.05, 0) is 23.8 Å². The fraction of sp³-hybridized carbons (Fsp3) is 0.133. The SMILES string of the molecule is CN(Cc1cccc(C#N)c1)c1cc(C(=O)O)c(N)cn1. The molecule has 0 atom stereocenters. The van der Waals surface area contributed by atoms with Crippen molar-refractivity contribution in [2.75, 3.05) is 17.7 Å². The minimum Gasteiger partial charge on any atom is -0.478 e. The lowest BCUT2D eigenvalue weighted by Gasteiger charge is -2.19. The van der Waals surface area contributed by atoms with Crippen LogP contribution in [0, 0.1) is 11.3 Å². The van der Waals surface area contributed by atoms with Gasteiger partial charge in [-0.3, -0.25) is 0 Å². The largest absolute Gasteiger partial charge is 0.478 e. The molecule has 0 saturated carbocycles. The van der Waals surface area contributed by atoms with Crippen molar-refractivity contribution in [3.8, 4) is 6.07 Å². The zero-order valence-electron chi connectivity index (χ0n) is 11.4. The average Bonchev–Trinajstić information content (AvgIpc) is 2.47. The van der Waals surface area contributed by atoms with Gasteiger partial charge in [0.15, 0.2) is 0 Å². The molecule has 2 aromatic rings. The first-order valence-electron chi connectivity index (χ1n) is 6.20. The number of pyridine rings is 1. The van der Waals surface area contributed by atoms with Gasteiger partial charge in [0.2, 0.25) is 0 Å². The van der Waals surface area contributed by atoms with Crippen LogP contribution in [0.5, 0.6) is 0 Å². The highest BCUT2D eigenvalue weighted by Crippen LogP contribution is 2.19. The highest BCUT2D eigenvalue weighted by Gasteiger charge is 2.12. The Labute approximate surface area is 122 Å². The molecule has 0 fully saturated rings. The van der Waals surface area contributed by atoms with Crippen LogP contribution in [0.3, 0.4) is 0 Å². The number of carboxylic acids is 1. The number of nitrogens with zero attached hydrogens (tertiary/aromatic N) is 3. The standard InChI is InChI=1S/C15H14N4O2/c1-19(9-11-4-2-3-10(5-11)7-16)14-6-12(15(20)21)13(17)8-18-14/h2-6,8H,9,17H2,1H3,(H,20,21). The number of nitrogens with two attached hydrogens (primary N) is 1. The van der Waals surface area contributed by atoms with E-state index in [9.17, 15) is 4.79 Å². The van der Waals surface area contributed by atoms with Crippen molar-refractivity contribution in [1.29, 1.82) is 5.26 Å². The molecule has 0 bridgehead atoms. The smallest absolute Gasteiger partial charge is 0.337 e. The number of aromatic nitrogens is 1. The lowest BCUT2D eigenvalue weighted by Crippen LogP contribution is -2.18. The number of carboxylic acid groups (broad SMARTS) is 1. The Morgan fingerprint density at radius 2 is 2.24 bits per heavy atom. The van der Waals surface area contributed by atoms with Crippen molar-refractivity contribution < 1.29 is 9.90 Å². The summed E-state index contributed by atoms with van der Waals surface area (Å²) in [5.74, 6) is -0.583. The predicted molar refractivity (Wildman–Crippen MR) is 78.9 cm³/mol. The van der Waals surface area contributed by atoms with Crippen LogP contribution in [-0.2, 0) is 6.54 Å². The van der Waals surface area contributed by atoms with Gasteiger partial charge in [0, 0.05) is 13.6 Å². The predicted octanol–water partition coefficient (Wildman–Crippen LogP) is 1.87. The number of nitriles is 1. The maximum absolute atomic E-state index is 11.1. The van der Waals surface area contributed by atoms with E-state index in [4.69, 9.17) is 16.1 Å². The Balaban J connectivity index is 2.24. The monoisotopic (exact) mass is 282 g/mol. The lowest BCUT2D eigenvalue weighted by molar-refractivity contribution is 0.0698. The number of rotatable bonds is 4. The second-order valence-electron chi connectivity index (χ2n) is 4.60. The fourth-order valence-electron chi connectivity index (χ4n) is 1.94. The van der Waals surface area contributed by atoms with Gasteiger partial charge in [0.1, 0.15) is 5.82 Å². The van der Waals surface area contributed by atoms with Crippen LogP contribution in [0.1, 0.15) is 21.5 Å². The van der Waals surface area contributed by atoms with Crippen LogP contribution in [0.4, 0.5) is 11.5 Å². The molecule has 6 nitrogen and oxygen atoms in total. The quantitative estimate of drug-likeness (QED) is 0.887. The first-order chi connectivity index (χ1) is 10.0. The van der Waals surface area contributed by atoms with E-state index >= 15 is 0 Å². The molecule has 2 rings (SSSR count). The topological polar surface area (TPSA) is 103 Å². The number of nitrogen functional groups attached to an aromatic ring is 1. The highest BCUT2D eigenvalue weighted by molar-refractivity contribution is 5.94. The normalized spacial score (nSPS) is 9.90. The first kappa shape index (κ1) is 14.3. The minimum absolute atomic E-state index is 0.0256. The van der Waals surface area contributed by atoms with E-state index in [1.165, 1.54) is 12.3 Å². The van der Waals surface area contributed by atoms with E-state index in [0.717, 1.165) is 5.56 Å². The van der Waals surface area contributed by atoms with Crippen LogP contribution in [0.2, 0.25) is 0 Å². The van der Waals surface area contributed by atoms with E-state index in [2.05, 4.69) is 11.1 Å². The van der Waals surface area contributed by atoms with Crippen LogP contribution in [-0.4, -0.2) is 23.1 Å². The number of aromatic carboxylic acids is 1. The molecule has 0 amide bonds. The minimum atomic E-state index is -1.09. The molecule has 0 saturated heterocycles. The third-order valence-corrected chi connectivity index (χ3v) is 3.02. The highest BCUT2D eigenvalue weighted by atomic mass is 16.4. The summed E-state index contributed by atoms with van der Waals surface area (Å²) in [4.78, 5) is 17.0. The van der Waals surface area contributed by atoms with Crippen molar-refractivity contribution in [2.45, 2.75) is 6.54 Å². The third-order valence-electron chi connectivity index (χ3n) is 3.02. The van der Waals surface area contributed by atoms with Gasteiger partial charge < -0.3 is 15.7 Å². The maximum atomic E-state index is 11.1. The van der Waals surface area contributed by atoms with Gasteiger partial charge >= 0.3 is 5.97 Å². The van der Waals surface area contributed by atoms with Gasteiger partial charge in [0.25, 0.3) is 0 Å². The Morgan fingerprint density at radius 3 is 2.90 bits per heavy atom. The number of carbonyl (C=O) groups is 1. The van der Waals surface area contributed by atoms with E-state index in [-0.39, 0.29) is 11.3 Å². The van der Waals surface area contributed by atoms with E-state index in [0.29, 0.717) is 17.9 Å². The molecular weight excluding hydrogens is 268 g/mol. The molecule has 0 unspecified atom stereocenters. The van der Waals surface area contributed by atoms with E-state index < -0.39 is 5.97 Å². The molecule has 21 heavy (non-hydrogen) atoms. The third kappa shape index (κ3) is 3.28. The van der Waals surface area contributed by atoms with E-state index in [1.54, 1.807) is 30.1 Å². The Morgan fingerprint density at radius 1 is 1.48 bits per heavy atom.